The number of hydrogen-bond acceptors (Lipinski definition) is 2. The number of amides is 2. The van der Waals surface area contributed by atoms with Crippen molar-refractivity contribution in [1.29, 1.82) is 0 Å². The van der Waals surface area contributed by atoms with Crippen molar-refractivity contribution in [2.45, 2.75) is 38.1 Å². The van der Waals surface area contributed by atoms with Gasteiger partial charge in [-0.25, -0.2) is 0 Å². The first kappa shape index (κ1) is 11.0. The largest absolute Gasteiger partial charge is 0.358 e. The summed E-state index contributed by atoms with van der Waals surface area (Å²) in [6, 6.07) is 0. The molecule has 80 valence electrons. The summed E-state index contributed by atoms with van der Waals surface area (Å²) in [6.45, 7) is 2.84. The Morgan fingerprint density at radius 3 is 2.43 bits per heavy atom. The molecule has 0 saturated heterocycles. The van der Waals surface area contributed by atoms with E-state index in [0.29, 0.717) is 5.92 Å². The molecule has 2 N–H and O–H groups in total. The molecule has 1 fully saturated rings. The van der Waals surface area contributed by atoms with E-state index in [9.17, 15) is 9.59 Å². The monoisotopic (exact) mass is 198 g/mol. The van der Waals surface area contributed by atoms with Crippen molar-refractivity contribution < 1.29 is 9.59 Å². The van der Waals surface area contributed by atoms with E-state index in [0.717, 1.165) is 45.0 Å². The quantitative estimate of drug-likeness (QED) is 0.629. The predicted octanol–water partition coefficient (Wildman–Crippen LogP) is 0.427. The summed E-state index contributed by atoms with van der Waals surface area (Å²) in [5.41, 5.74) is -0.0283. The average molecular weight is 198 g/mol. The van der Waals surface area contributed by atoms with Gasteiger partial charge in [0.1, 0.15) is 0 Å². The molecular weight excluding hydrogens is 180 g/mol. The molecule has 0 atom stereocenters. The summed E-state index contributed by atoms with van der Waals surface area (Å²) < 4.78 is 0. The highest BCUT2D eigenvalue weighted by molar-refractivity contribution is 5.48. The normalized spacial score (nSPS) is 31.9. The molecule has 0 bridgehead atoms. The lowest BCUT2D eigenvalue weighted by Crippen LogP contribution is -2.45. The van der Waals surface area contributed by atoms with Crippen molar-refractivity contribution in [3.05, 3.63) is 0 Å². The van der Waals surface area contributed by atoms with Crippen molar-refractivity contribution in [2.75, 3.05) is 6.54 Å². The summed E-state index contributed by atoms with van der Waals surface area (Å²) >= 11 is 0. The first-order valence-corrected chi connectivity index (χ1v) is 5.08. The van der Waals surface area contributed by atoms with Crippen LogP contribution in [0.2, 0.25) is 0 Å². The lowest BCUT2D eigenvalue weighted by molar-refractivity contribution is -0.111. The molecule has 0 spiro atoms. The van der Waals surface area contributed by atoms with E-state index < -0.39 is 0 Å². The van der Waals surface area contributed by atoms with Crippen LogP contribution in [0.4, 0.5) is 0 Å². The average Bonchev–Trinajstić information content (AvgIpc) is 2.17. The zero-order chi connectivity index (χ0) is 10.4. The summed E-state index contributed by atoms with van der Waals surface area (Å²) in [5.74, 6) is 0.571. The molecule has 1 aliphatic rings. The Bertz CT molecular complexity index is 198. The Kier molecular flexibility index (Phi) is 3.92. The molecule has 0 aromatic carbocycles. The van der Waals surface area contributed by atoms with Gasteiger partial charge in [0.15, 0.2) is 0 Å². The third-order valence-electron chi connectivity index (χ3n) is 3.11. The Labute approximate surface area is 84.4 Å². The number of hydrogen-bond donors (Lipinski definition) is 2. The van der Waals surface area contributed by atoms with Crippen LogP contribution in [0.5, 0.6) is 0 Å². The summed E-state index contributed by atoms with van der Waals surface area (Å²) in [5, 5.41) is 5.57. The molecule has 0 heterocycles. The summed E-state index contributed by atoms with van der Waals surface area (Å²) in [6.07, 6.45) is 5.66. The van der Waals surface area contributed by atoms with Gasteiger partial charge in [-0.2, -0.15) is 0 Å². The van der Waals surface area contributed by atoms with E-state index in [1.165, 1.54) is 0 Å². The molecule has 1 aliphatic carbocycles. The third-order valence-corrected chi connectivity index (χ3v) is 3.11. The van der Waals surface area contributed by atoms with Gasteiger partial charge in [0.05, 0.1) is 0 Å². The molecule has 1 saturated carbocycles. The van der Waals surface area contributed by atoms with Crippen LogP contribution in [0, 0.1) is 5.92 Å². The van der Waals surface area contributed by atoms with Crippen molar-refractivity contribution in [1.82, 2.24) is 10.6 Å². The Hall–Kier alpha value is -1.06. The molecule has 0 unspecified atom stereocenters. The highest BCUT2D eigenvalue weighted by Crippen LogP contribution is 2.30. The van der Waals surface area contributed by atoms with Crippen molar-refractivity contribution in [3.8, 4) is 0 Å². The van der Waals surface area contributed by atoms with Crippen LogP contribution in [0.15, 0.2) is 0 Å². The minimum Gasteiger partial charge on any atom is -0.358 e. The molecule has 0 aliphatic heterocycles. The van der Waals surface area contributed by atoms with Crippen LogP contribution in [-0.4, -0.2) is 24.9 Å². The second-order valence-corrected chi connectivity index (χ2v) is 4.29. The zero-order valence-corrected chi connectivity index (χ0v) is 8.58. The second kappa shape index (κ2) is 4.98. The first-order valence-electron chi connectivity index (χ1n) is 5.08. The highest BCUT2D eigenvalue weighted by atomic mass is 16.1. The number of carbonyl (C=O) groups is 2. The van der Waals surface area contributed by atoms with Crippen molar-refractivity contribution >= 4 is 12.8 Å². The molecule has 4 heteroatoms. The van der Waals surface area contributed by atoms with E-state index in [4.69, 9.17) is 0 Å². The molecule has 0 radical (unpaired) electrons. The second-order valence-electron chi connectivity index (χ2n) is 4.29. The van der Waals surface area contributed by atoms with Crippen LogP contribution in [0.25, 0.3) is 0 Å². The van der Waals surface area contributed by atoms with Gasteiger partial charge in [-0.15, -0.1) is 0 Å². The van der Waals surface area contributed by atoms with Gasteiger partial charge >= 0.3 is 0 Å². The zero-order valence-electron chi connectivity index (χ0n) is 8.58. The highest BCUT2D eigenvalue weighted by Gasteiger charge is 2.30. The van der Waals surface area contributed by atoms with Gasteiger partial charge in [-0.1, -0.05) is 0 Å². The third kappa shape index (κ3) is 3.01. The topological polar surface area (TPSA) is 58.2 Å². The maximum Gasteiger partial charge on any atom is 0.207 e. The first-order chi connectivity index (χ1) is 6.70. The summed E-state index contributed by atoms with van der Waals surface area (Å²) in [7, 11) is 0. The molecule has 1 rings (SSSR count). The maximum absolute atomic E-state index is 10.4. The number of rotatable bonds is 5. The number of carbonyl (C=O) groups excluding carboxylic acids is 2. The van der Waals surface area contributed by atoms with Gasteiger partial charge in [0.25, 0.3) is 0 Å². The lowest BCUT2D eigenvalue weighted by atomic mass is 9.78. The van der Waals surface area contributed by atoms with Crippen LogP contribution in [-0.2, 0) is 9.59 Å². The minimum atomic E-state index is -0.0283. The maximum atomic E-state index is 10.4. The Morgan fingerprint density at radius 2 is 1.93 bits per heavy atom. The van der Waals surface area contributed by atoms with E-state index in [1.54, 1.807) is 0 Å². The van der Waals surface area contributed by atoms with Gasteiger partial charge in [-0.3, -0.25) is 9.59 Å². The molecule has 2 amide bonds. The fourth-order valence-corrected chi connectivity index (χ4v) is 2.02. The molecule has 0 aromatic heterocycles. The Morgan fingerprint density at radius 1 is 1.29 bits per heavy atom. The molecule has 14 heavy (non-hydrogen) atoms. The van der Waals surface area contributed by atoms with Crippen LogP contribution in [0.1, 0.15) is 32.6 Å². The Balaban J connectivity index is 2.29. The van der Waals surface area contributed by atoms with Crippen LogP contribution >= 0.6 is 0 Å². The minimum absolute atomic E-state index is 0.0283. The van der Waals surface area contributed by atoms with E-state index in [1.807, 2.05) is 0 Å². The van der Waals surface area contributed by atoms with Crippen LogP contribution in [0.3, 0.4) is 0 Å². The standard InChI is InChI=1S/C10H18N2O2/c1-10(12-8-14)4-2-9(3-5-10)6-11-7-13/h7-9H,2-6H2,1H3,(H,11,13)(H,12,14). The fraction of sp³-hybridized carbons (Fsp3) is 0.800. The van der Waals surface area contributed by atoms with Gasteiger partial charge in [0, 0.05) is 12.1 Å². The van der Waals surface area contributed by atoms with Gasteiger partial charge < -0.3 is 10.6 Å². The summed E-state index contributed by atoms with van der Waals surface area (Å²) in [4.78, 5) is 20.5. The smallest absolute Gasteiger partial charge is 0.207 e. The van der Waals surface area contributed by atoms with E-state index >= 15 is 0 Å². The SMILES string of the molecule is CC1(NC=O)CCC(CNC=O)CC1. The molecular formula is C10H18N2O2. The van der Waals surface area contributed by atoms with Crippen molar-refractivity contribution in [3.63, 3.8) is 0 Å². The van der Waals surface area contributed by atoms with E-state index in [2.05, 4.69) is 17.6 Å². The van der Waals surface area contributed by atoms with Gasteiger partial charge in [0.2, 0.25) is 12.8 Å². The van der Waals surface area contributed by atoms with Crippen molar-refractivity contribution in [2.24, 2.45) is 5.92 Å². The number of nitrogens with one attached hydrogen (secondary N) is 2. The van der Waals surface area contributed by atoms with E-state index in [-0.39, 0.29) is 5.54 Å². The van der Waals surface area contributed by atoms with Crippen LogP contribution < -0.4 is 10.6 Å². The fourth-order valence-electron chi connectivity index (χ4n) is 2.02. The molecule has 4 nitrogen and oxygen atoms in total. The predicted molar refractivity (Wildman–Crippen MR) is 53.6 cm³/mol. The van der Waals surface area contributed by atoms with Gasteiger partial charge in [-0.05, 0) is 38.5 Å². The lowest BCUT2D eigenvalue weighted by Gasteiger charge is -2.36. The molecule has 0 aromatic rings.